The van der Waals surface area contributed by atoms with Crippen molar-refractivity contribution in [2.75, 3.05) is 0 Å². The molecule has 0 heterocycles. The Hall–Kier alpha value is -1.96. The number of allylic oxidation sites excluding steroid dienone is 3. The van der Waals surface area contributed by atoms with Gasteiger partial charge >= 0.3 is 0 Å². The number of rotatable bonds is 9. The molecule has 0 saturated heterocycles. The van der Waals surface area contributed by atoms with Crippen LogP contribution in [0.15, 0.2) is 59.9 Å². The molecule has 1 aromatic carbocycles. The van der Waals surface area contributed by atoms with E-state index >= 15 is 0 Å². The van der Waals surface area contributed by atoms with Crippen molar-refractivity contribution in [1.82, 2.24) is 0 Å². The minimum Gasteiger partial charge on any atom is -0.125 e. The van der Waals surface area contributed by atoms with Crippen LogP contribution in [-0.4, -0.2) is 0 Å². The molecule has 0 aliphatic carbocycles. The monoisotopic (exact) mass is 306 g/mol. The maximum atomic E-state index is 3.32. The van der Waals surface area contributed by atoms with Gasteiger partial charge in [-0.15, -0.1) is 5.73 Å². The Labute approximate surface area is 143 Å². The zero-order valence-corrected chi connectivity index (χ0v) is 14.8. The van der Waals surface area contributed by atoms with Crippen LogP contribution in [-0.2, 0) is 0 Å². The zero-order valence-electron chi connectivity index (χ0n) is 14.8. The normalized spacial score (nSPS) is 10.4. The minimum absolute atomic E-state index is 1.05. The van der Waals surface area contributed by atoms with Gasteiger partial charge in [0.15, 0.2) is 0 Å². The van der Waals surface area contributed by atoms with Crippen LogP contribution in [0.2, 0.25) is 0 Å². The van der Waals surface area contributed by atoms with Gasteiger partial charge in [-0.25, -0.2) is 0 Å². The molecule has 1 aromatic rings. The van der Waals surface area contributed by atoms with Crippen LogP contribution in [0.3, 0.4) is 0 Å². The lowest BCUT2D eigenvalue weighted by atomic mass is 10.1. The largest absolute Gasteiger partial charge is 0.125 e. The second kappa shape index (κ2) is 13.7. The molecule has 1 rings (SSSR count). The van der Waals surface area contributed by atoms with Gasteiger partial charge in [0.1, 0.15) is 0 Å². The standard InChI is InChI=1S/C23H30/c1-3-5-7-8-9-10-11-13-17-22(16-6-4-2)20-21-23-18-14-12-15-19-23/h10,12-15,17-19H,3-9,16H2,1-2H3/b22-17+. The predicted octanol–water partition coefficient (Wildman–Crippen LogP) is 6.84. The van der Waals surface area contributed by atoms with Crippen LogP contribution < -0.4 is 0 Å². The molecule has 0 heteroatoms. The third-order valence-corrected chi connectivity index (χ3v) is 3.64. The Kier molecular flexibility index (Phi) is 11.4. The van der Waals surface area contributed by atoms with Crippen LogP contribution in [0.4, 0.5) is 0 Å². The molecule has 0 spiro atoms. The number of hydrogen-bond donors (Lipinski definition) is 0. The van der Waals surface area contributed by atoms with Crippen molar-refractivity contribution >= 4 is 0 Å². The van der Waals surface area contributed by atoms with E-state index in [1.165, 1.54) is 44.1 Å². The highest BCUT2D eigenvalue weighted by Crippen LogP contribution is 2.07. The van der Waals surface area contributed by atoms with E-state index in [-0.39, 0.29) is 0 Å². The molecular weight excluding hydrogens is 276 g/mol. The summed E-state index contributed by atoms with van der Waals surface area (Å²) in [7, 11) is 0. The van der Waals surface area contributed by atoms with Crippen molar-refractivity contribution in [3.8, 4) is 11.8 Å². The molecule has 0 aliphatic heterocycles. The highest BCUT2D eigenvalue weighted by Gasteiger charge is 1.91. The fourth-order valence-corrected chi connectivity index (χ4v) is 2.20. The maximum absolute atomic E-state index is 3.32. The van der Waals surface area contributed by atoms with E-state index in [1.54, 1.807) is 0 Å². The van der Waals surface area contributed by atoms with Crippen molar-refractivity contribution in [2.24, 2.45) is 0 Å². The van der Waals surface area contributed by atoms with Crippen LogP contribution in [0.1, 0.15) is 70.8 Å². The molecule has 0 saturated carbocycles. The third kappa shape index (κ3) is 10.4. The van der Waals surface area contributed by atoms with Gasteiger partial charge < -0.3 is 0 Å². The van der Waals surface area contributed by atoms with Gasteiger partial charge in [-0.05, 0) is 56.0 Å². The van der Waals surface area contributed by atoms with E-state index in [1.807, 2.05) is 24.3 Å². The Morgan fingerprint density at radius 3 is 2.48 bits per heavy atom. The fourth-order valence-electron chi connectivity index (χ4n) is 2.20. The van der Waals surface area contributed by atoms with E-state index in [0.29, 0.717) is 0 Å². The van der Waals surface area contributed by atoms with Crippen molar-refractivity contribution in [3.63, 3.8) is 0 Å². The first-order valence-electron chi connectivity index (χ1n) is 9.04. The highest BCUT2D eigenvalue weighted by atomic mass is 14.0. The molecule has 0 aromatic heterocycles. The van der Waals surface area contributed by atoms with Gasteiger partial charge in [0.25, 0.3) is 0 Å². The van der Waals surface area contributed by atoms with Crippen LogP contribution in [0.25, 0.3) is 0 Å². The molecule has 122 valence electrons. The van der Waals surface area contributed by atoms with Crippen LogP contribution in [0.5, 0.6) is 0 Å². The second-order valence-electron chi connectivity index (χ2n) is 5.80. The third-order valence-electron chi connectivity index (χ3n) is 3.64. The lowest BCUT2D eigenvalue weighted by molar-refractivity contribution is 0.675. The molecule has 0 atom stereocenters. The van der Waals surface area contributed by atoms with Crippen LogP contribution >= 0.6 is 0 Å². The average molecular weight is 306 g/mol. The predicted molar refractivity (Wildman–Crippen MR) is 102 cm³/mol. The summed E-state index contributed by atoms with van der Waals surface area (Å²) in [4.78, 5) is 0. The Balaban J connectivity index is 2.59. The quantitative estimate of drug-likeness (QED) is 0.203. The summed E-state index contributed by atoms with van der Waals surface area (Å²) in [6.07, 6.45) is 16.1. The highest BCUT2D eigenvalue weighted by molar-refractivity contribution is 5.41. The van der Waals surface area contributed by atoms with Crippen molar-refractivity contribution < 1.29 is 0 Å². The molecule has 0 amide bonds. The Morgan fingerprint density at radius 2 is 1.74 bits per heavy atom. The first-order valence-corrected chi connectivity index (χ1v) is 9.04. The van der Waals surface area contributed by atoms with Crippen LogP contribution in [0, 0.1) is 11.8 Å². The summed E-state index contributed by atoms with van der Waals surface area (Å²) < 4.78 is 0. The number of benzene rings is 1. The molecule has 23 heavy (non-hydrogen) atoms. The van der Waals surface area contributed by atoms with Crippen molar-refractivity contribution in [3.05, 3.63) is 65.4 Å². The lowest BCUT2D eigenvalue weighted by Crippen LogP contribution is -1.80. The minimum atomic E-state index is 1.05. The van der Waals surface area contributed by atoms with E-state index in [2.05, 4.69) is 55.7 Å². The van der Waals surface area contributed by atoms with Gasteiger partial charge in [-0.2, -0.15) is 0 Å². The molecule has 0 nitrogen and oxygen atoms in total. The Bertz CT molecular complexity index is 557. The summed E-state index contributed by atoms with van der Waals surface area (Å²) in [5, 5.41) is 0. The molecular formula is C23H30. The summed E-state index contributed by atoms with van der Waals surface area (Å²) in [6, 6.07) is 10.2. The summed E-state index contributed by atoms with van der Waals surface area (Å²) in [5.41, 5.74) is 5.54. The van der Waals surface area contributed by atoms with Gasteiger partial charge in [0.2, 0.25) is 0 Å². The second-order valence-corrected chi connectivity index (χ2v) is 5.80. The van der Waals surface area contributed by atoms with E-state index < -0.39 is 0 Å². The van der Waals surface area contributed by atoms with E-state index in [0.717, 1.165) is 18.4 Å². The molecule has 0 radical (unpaired) electrons. The van der Waals surface area contributed by atoms with Gasteiger partial charge in [-0.3, -0.25) is 0 Å². The molecule has 0 N–H and O–H groups in total. The number of unbranched alkanes of at least 4 members (excludes halogenated alkanes) is 5. The lowest BCUT2D eigenvalue weighted by Gasteiger charge is -1.96. The van der Waals surface area contributed by atoms with E-state index in [9.17, 15) is 0 Å². The van der Waals surface area contributed by atoms with E-state index in [4.69, 9.17) is 0 Å². The van der Waals surface area contributed by atoms with Crippen molar-refractivity contribution in [2.45, 2.75) is 65.2 Å². The molecule has 0 unspecified atom stereocenters. The van der Waals surface area contributed by atoms with Gasteiger partial charge in [0, 0.05) is 11.1 Å². The SMILES string of the molecule is CCCCCCC=C=C/C=C(/C#Cc1ccccc1)CCCC. The summed E-state index contributed by atoms with van der Waals surface area (Å²) in [5.74, 6) is 6.57. The smallest absolute Gasteiger partial charge is 0.0248 e. The molecule has 0 fully saturated rings. The fraction of sp³-hybridized carbons (Fsp3) is 0.435. The van der Waals surface area contributed by atoms with Gasteiger partial charge in [-0.1, -0.05) is 69.6 Å². The topological polar surface area (TPSA) is 0 Å². The average Bonchev–Trinajstić information content (AvgIpc) is 2.59. The zero-order chi connectivity index (χ0) is 16.6. The van der Waals surface area contributed by atoms with Crippen molar-refractivity contribution in [1.29, 1.82) is 0 Å². The first-order chi connectivity index (χ1) is 11.4. The van der Waals surface area contributed by atoms with Gasteiger partial charge in [0.05, 0.1) is 0 Å². The first kappa shape index (κ1) is 19.1. The molecule has 0 bridgehead atoms. The summed E-state index contributed by atoms with van der Waals surface area (Å²) in [6.45, 7) is 4.46. The molecule has 0 aliphatic rings. The number of hydrogen-bond acceptors (Lipinski definition) is 0. The maximum Gasteiger partial charge on any atom is 0.0248 e. The Morgan fingerprint density at radius 1 is 0.957 bits per heavy atom. The summed E-state index contributed by atoms with van der Waals surface area (Å²) >= 11 is 0.